The molecule has 1 aliphatic rings. The summed E-state index contributed by atoms with van der Waals surface area (Å²) < 4.78 is 0. The maximum atomic E-state index is 12.0. The van der Waals surface area contributed by atoms with Crippen LogP contribution in [-0.2, 0) is 9.59 Å². The van der Waals surface area contributed by atoms with Crippen LogP contribution in [0.4, 0.5) is 5.69 Å². The van der Waals surface area contributed by atoms with Gasteiger partial charge in [0.1, 0.15) is 0 Å². The van der Waals surface area contributed by atoms with Crippen molar-refractivity contribution in [3.05, 3.63) is 29.3 Å². The number of amides is 2. The maximum Gasteiger partial charge on any atom is 0.220 e. The molecule has 126 valence electrons. The number of nitrogens with one attached hydrogen (secondary N) is 2. The Hall–Kier alpha value is -1.75. The number of nitrogens with zero attached hydrogens (tertiary/aromatic N) is 1. The van der Waals surface area contributed by atoms with Crippen LogP contribution in [0.5, 0.6) is 0 Å². The first-order valence-corrected chi connectivity index (χ1v) is 8.53. The quantitative estimate of drug-likeness (QED) is 0.837. The smallest absolute Gasteiger partial charge is 0.220 e. The summed E-state index contributed by atoms with van der Waals surface area (Å²) in [6.45, 7) is 4.14. The van der Waals surface area contributed by atoms with Crippen LogP contribution in [0.15, 0.2) is 24.3 Å². The second-order valence-corrected chi connectivity index (χ2v) is 6.16. The number of rotatable bonds is 6. The summed E-state index contributed by atoms with van der Waals surface area (Å²) in [4.78, 5) is 25.6. The first-order valence-electron chi connectivity index (χ1n) is 8.15. The van der Waals surface area contributed by atoms with E-state index in [1.807, 2.05) is 31.2 Å². The highest BCUT2D eigenvalue weighted by atomic mass is 35.5. The fourth-order valence-corrected chi connectivity index (χ4v) is 3.09. The van der Waals surface area contributed by atoms with Crippen molar-refractivity contribution in [1.29, 1.82) is 0 Å². The molecular weight excluding hydrogens is 314 g/mol. The van der Waals surface area contributed by atoms with E-state index in [-0.39, 0.29) is 30.7 Å². The summed E-state index contributed by atoms with van der Waals surface area (Å²) in [5.41, 5.74) is 1.01. The van der Waals surface area contributed by atoms with Gasteiger partial charge in [0.2, 0.25) is 11.8 Å². The average molecular weight is 338 g/mol. The van der Waals surface area contributed by atoms with Gasteiger partial charge in [-0.1, -0.05) is 23.7 Å². The van der Waals surface area contributed by atoms with E-state index in [1.54, 1.807) is 0 Å². The number of carbonyl (C=O) groups excluding carboxylic acids is 2. The molecule has 2 rings (SSSR count). The van der Waals surface area contributed by atoms with Crippen molar-refractivity contribution in [2.45, 2.75) is 38.6 Å². The number of halogens is 1. The predicted molar refractivity (Wildman–Crippen MR) is 92.7 cm³/mol. The van der Waals surface area contributed by atoms with Crippen LogP contribution in [0.1, 0.15) is 32.6 Å². The summed E-state index contributed by atoms with van der Waals surface area (Å²) in [6, 6.07) is 7.86. The van der Waals surface area contributed by atoms with Gasteiger partial charge in [0.05, 0.1) is 10.7 Å². The Balaban J connectivity index is 1.83. The molecule has 6 heteroatoms. The predicted octanol–water partition coefficient (Wildman–Crippen LogP) is 2.34. The Morgan fingerprint density at radius 1 is 1.26 bits per heavy atom. The Labute approximate surface area is 142 Å². The van der Waals surface area contributed by atoms with Gasteiger partial charge in [0.25, 0.3) is 0 Å². The number of piperidine rings is 1. The van der Waals surface area contributed by atoms with Gasteiger partial charge in [-0.2, -0.15) is 0 Å². The third-order valence-corrected chi connectivity index (χ3v) is 4.25. The highest BCUT2D eigenvalue weighted by Crippen LogP contribution is 2.27. The maximum absolute atomic E-state index is 12.0. The van der Waals surface area contributed by atoms with Gasteiger partial charge in [-0.3, -0.25) is 9.59 Å². The van der Waals surface area contributed by atoms with Crippen molar-refractivity contribution in [3.63, 3.8) is 0 Å². The van der Waals surface area contributed by atoms with E-state index in [2.05, 4.69) is 15.5 Å². The number of anilines is 1. The van der Waals surface area contributed by atoms with Crippen molar-refractivity contribution in [2.24, 2.45) is 0 Å². The average Bonchev–Trinajstić information content (AvgIpc) is 2.54. The second kappa shape index (κ2) is 8.77. The molecule has 1 heterocycles. The molecule has 1 aromatic rings. The molecule has 0 aromatic heterocycles. The lowest BCUT2D eigenvalue weighted by Crippen LogP contribution is -2.48. The van der Waals surface area contributed by atoms with Gasteiger partial charge < -0.3 is 15.5 Å². The minimum absolute atomic E-state index is 0.0674. The number of hydrogen-bond donors (Lipinski definition) is 2. The summed E-state index contributed by atoms with van der Waals surface area (Å²) >= 11 is 6.25. The molecule has 1 fully saturated rings. The van der Waals surface area contributed by atoms with Crippen LogP contribution in [0.3, 0.4) is 0 Å². The monoisotopic (exact) mass is 337 g/mol. The summed E-state index contributed by atoms with van der Waals surface area (Å²) in [6.07, 6.45) is 2.43. The number of benzene rings is 1. The van der Waals surface area contributed by atoms with Crippen LogP contribution >= 0.6 is 11.6 Å². The molecule has 5 nitrogen and oxygen atoms in total. The highest BCUT2D eigenvalue weighted by Gasteiger charge is 2.22. The van der Waals surface area contributed by atoms with Crippen molar-refractivity contribution >= 4 is 29.1 Å². The Morgan fingerprint density at radius 2 is 2.00 bits per heavy atom. The largest absolute Gasteiger partial charge is 0.368 e. The first-order chi connectivity index (χ1) is 11.1. The summed E-state index contributed by atoms with van der Waals surface area (Å²) in [5, 5.41) is 6.46. The Morgan fingerprint density at radius 3 is 2.74 bits per heavy atom. The van der Waals surface area contributed by atoms with Crippen LogP contribution in [0.2, 0.25) is 5.02 Å². The van der Waals surface area contributed by atoms with Gasteiger partial charge in [-0.25, -0.2) is 0 Å². The van der Waals surface area contributed by atoms with Crippen molar-refractivity contribution in [2.75, 3.05) is 24.5 Å². The van der Waals surface area contributed by atoms with Crippen LogP contribution in [0.25, 0.3) is 0 Å². The van der Waals surface area contributed by atoms with Crippen LogP contribution < -0.4 is 15.5 Å². The molecule has 0 radical (unpaired) electrons. The molecule has 0 saturated carbocycles. The van der Waals surface area contributed by atoms with E-state index < -0.39 is 0 Å². The molecule has 1 aromatic carbocycles. The molecule has 1 atom stereocenters. The van der Waals surface area contributed by atoms with Gasteiger partial charge >= 0.3 is 0 Å². The van der Waals surface area contributed by atoms with Gasteiger partial charge in [0.15, 0.2) is 0 Å². The topological polar surface area (TPSA) is 61.4 Å². The third-order valence-electron chi connectivity index (χ3n) is 3.93. The number of carbonyl (C=O) groups is 2. The van der Waals surface area contributed by atoms with Gasteiger partial charge in [-0.05, 0) is 31.9 Å². The normalized spacial score (nSPS) is 17.7. The van der Waals surface area contributed by atoms with E-state index in [4.69, 9.17) is 11.6 Å². The summed E-state index contributed by atoms with van der Waals surface area (Å²) in [7, 11) is 0. The van der Waals surface area contributed by atoms with E-state index in [9.17, 15) is 9.59 Å². The third kappa shape index (κ3) is 5.43. The minimum atomic E-state index is -0.0796. The summed E-state index contributed by atoms with van der Waals surface area (Å²) in [5.74, 6) is -0.147. The van der Waals surface area contributed by atoms with Crippen molar-refractivity contribution in [1.82, 2.24) is 10.6 Å². The van der Waals surface area contributed by atoms with Crippen molar-refractivity contribution < 1.29 is 9.59 Å². The molecule has 0 unspecified atom stereocenters. The van der Waals surface area contributed by atoms with E-state index in [0.717, 1.165) is 36.6 Å². The number of hydrogen-bond acceptors (Lipinski definition) is 3. The standard InChI is InChI=1S/C17H24ClN3O2/c1-2-19-16(22)9-10-17(23)20-13-6-5-11-21(12-13)15-8-4-3-7-14(15)18/h3-4,7-8,13H,2,5-6,9-12H2,1H3,(H,19,22)(H,20,23)/t13-/m1/s1. The molecular formula is C17H24ClN3O2. The highest BCUT2D eigenvalue weighted by molar-refractivity contribution is 6.33. The first kappa shape index (κ1) is 17.6. The molecule has 2 amide bonds. The molecule has 23 heavy (non-hydrogen) atoms. The molecule has 2 N–H and O–H groups in total. The fraction of sp³-hybridized carbons (Fsp3) is 0.529. The fourth-order valence-electron chi connectivity index (χ4n) is 2.83. The van der Waals surface area contributed by atoms with Gasteiger partial charge in [-0.15, -0.1) is 0 Å². The van der Waals surface area contributed by atoms with Gasteiger partial charge in [0, 0.05) is 38.5 Å². The number of para-hydroxylation sites is 1. The lowest BCUT2D eigenvalue weighted by atomic mass is 10.0. The zero-order valence-electron chi connectivity index (χ0n) is 13.5. The second-order valence-electron chi connectivity index (χ2n) is 5.76. The molecule has 1 aliphatic heterocycles. The molecule has 0 spiro atoms. The van der Waals surface area contributed by atoms with E-state index >= 15 is 0 Å². The molecule has 0 bridgehead atoms. The zero-order chi connectivity index (χ0) is 16.7. The molecule has 1 saturated heterocycles. The lowest BCUT2D eigenvalue weighted by molar-refractivity contribution is -0.126. The van der Waals surface area contributed by atoms with E-state index in [0.29, 0.717) is 6.54 Å². The Kier molecular flexibility index (Phi) is 6.71. The van der Waals surface area contributed by atoms with Crippen molar-refractivity contribution in [3.8, 4) is 0 Å². The SMILES string of the molecule is CCNC(=O)CCC(=O)N[C@@H]1CCCN(c2ccccc2Cl)C1. The van der Waals surface area contributed by atoms with E-state index in [1.165, 1.54) is 0 Å². The zero-order valence-corrected chi connectivity index (χ0v) is 14.2. The lowest BCUT2D eigenvalue weighted by Gasteiger charge is -2.35. The van der Waals surface area contributed by atoms with Crippen LogP contribution in [0, 0.1) is 0 Å². The Bertz CT molecular complexity index is 550. The van der Waals surface area contributed by atoms with Crippen LogP contribution in [-0.4, -0.2) is 37.5 Å². The molecule has 0 aliphatic carbocycles. The minimum Gasteiger partial charge on any atom is -0.368 e.